The first-order valence-electron chi connectivity index (χ1n) is 8.52. The van der Waals surface area contributed by atoms with Crippen molar-refractivity contribution in [2.75, 3.05) is 19.6 Å². The van der Waals surface area contributed by atoms with Crippen molar-refractivity contribution in [2.45, 2.75) is 67.2 Å². The average molecular weight is 281 g/mol. The van der Waals surface area contributed by atoms with E-state index in [4.69, 9.17) is 0 Å². The smallest absolute Gasteiger partial charge is 0.137 e. The van der Waals surface area contributed by atoms with E-state index in [0.29, 0.717) is 17.1 Å². The summed E-state index contributed by atoms with van der Waals surface area (Å²) in [5.41, 5.74) is 0.340. The normalized spacial score (nSPS) is 26.1. The maximum absolute atomic E-state index is 12.2. The van der Waals surface area contributed by atoms with Gasteiger partial charge in [0.2, 0.25) is 0 Å². The Bertz CT molecular complexity index is 305. The van der Waals surface area contributed by atoms with Crippen molar-refractivity contribution in [3.05, 3.63) is 0 Å². The molecule has 118 valence electrons. The minimum atomic E-state index is 0.275. The van der Waals surface area contributed by atoms with E-state index in [1.54, 1.807) is 0 Å². The van der Waals surface area contributed by atoms with Crippen LogP contribution in [-0.4, -0.2) is 30.3 Å². The summed E-state index contributed by atoms with van der Waals surface area (Å²) < 4.78 is 0. The van der Waals surface area contributed by atoms with Crippen molar-refractivity contribution in [3.8, 4) is 0 Å². The van der Waals surface area contributed by atoms with Crippen molar-refractivity contribution in [1.29, 1.82) is 0 Å². The number of Topliss-reactive ketones (excluding diaryl/α,β-unsaturated/α-hetero) is 1. The number of ketones is 1. The molecule has 1 aliphatic carbocycles. The molecule has 3 unspecified atom stereocenters. The van der Waals surface area contributed by atoms with Crippen molar-refractivity contribution < 1.29 is 4.79 Å². The molecule has 1 fully saturated rings. The van der Waals surface area contributed by atoms with Gasteiger partial charge in [0.15, 0.2) is 0 Å². The van der Waals surface area contributed by atoms with Crippen LogP contribution < -0.4 is 0 Å². The molecule has 0 spiro atoms. The molecule has 2 nitrogen and oxygen atoms in total. The predicted molar refractivity (Wildman–Crippen MR) is 86.9 cm³/mol. The Hall–Kier alpha value is -0.370. The molecule has 0 aliphatic heterocycles. The Labute approximate surface area is 126 Å². The van der Waals surface area contributed by atoms with E-state index >= 15 is 0 Å². The van der Waals surface area contributed by atoms with Crippen LogP contribution in [0, 0.1) is 23.2 Å². The topological polar surface area (TPSA) is 20.3 Å². The van der Waals surface area contributed by atoms with E-state index < -0.39 is 0 Å². The van der Waals surface area contributed by atoms with Gasteiger partial charge in [-0.05, 0) is 36.6 Å². The monoisotopic (exact) mass is 281 g/mol. The highest BCUT2D eigenvalue weighted by Gasteiger charge is 2.35. The minimum Gasteiger partial charge on any atom is -0.303 e. The zero-order chi connectivity index (χ0) is 15.3. The second-order valence-corrected chi connectivity index (χ2v) is 7.87. The van der Waals surface area contributed by atoms with E-state index in [1.807, 2.05) is 0 Å². The molecule has 0 saturated heterocycles. The summed E-state index contributed by atoms with van der Waals surface area (Å²) in [6, 6.07) is 0. The van der Waals surface area contributed by atoms with Crippen LogP contribution >= 0.6 is 0 Å². The fourth-order valence-electron chi connectivity index (χ4n) is 3.29. The first kappa shape index (κ1) is 17.7. The largest absolute Gasteiger partial charge is 0.303 e. The maximum atomic E-state index is 12.2. The third-order valence-corrected chi connectivity index (χ3v) is 5.18. The second-order valence-electron chi connectivity index (χ2n) is 7.87. The van der Waals surface area contributed by atoms with Crippen LogP contribution in [0.1, 0.15) is 67.2 Å². The molecular weight excluding hydrogens is 246 g/mol. The fraction of sp³-hybridized carbons (Fsp3) is 0.944. The van der Waals surface area contributed by atoms with Crippen molar-refractivity contribution >= 4 is 5.78 Å². The van der Waals surface area contributed by atoms with Crippen LogP contribution in [0.5, 0.6) is 0 Å². The van der Waals surface area contributed by atoms with Gasteiger partial charge in [-0.1, -0.05) is 48.0 Å². The molecule has 0 aromatic carbocycles. The zero-order valence-corrected chi connectivity index (χ0v) is 14.5. The number of rotatable bonds is 6. The lowest BCUT2D eigenvalue weighted by atomic mass is 9.68. The second kappa shape index (κ2) is 7.59. The van der Waals surface area contributed by atoms with Crippen LogP contribution in [0.3, 0.4) is 0 Å². The average Bonchev–Trinajstić information content (AvgIpc) is 2.38. The van der Waals surface area contributed by atoms with E-state index in [0.717, 1.165) is 44.8 Å². The molecule has 2 heteroatoms. The highest BCUT2D eigenvalue weighted by Crippen LogP contribution is 2.39. The van der Waals surface area contributed by atoms with Gasteiger partial charge in [-0.2, -0.15) is 0 Å². The molecule has 0 amide bonds. The summed E-state index contributed by atoms with van der Waals surface area (Å²) in [7, 11) is 0. The number of carbonyl (C=O) groups is 1. The highest BCUT2D eigenvalue weighted by atomic mass is 16.1. The Balaban J connectivity index is 2.60. The van der Waals surface area contributed by atoms with Gasteiger partial charge in [0, 0.05) is 25.4 Å². The predicted octanol–water partition coefficient (Wildman–Crippen LogP) is 4.39. The molecule has 0 bridgehead atoms. The van der Waals surface area contributed by atoms with Crippen LogP contribution in [0.25, 0.3) is 0 Å². The van der Waals surface area contributed by atoms with E-state index in [-0.39, 0.29) is 5.92 Å². The molecule has 1 aliphatic rings. The van der Waals surface area contributed by atoms with Gasteiger partial charge in [-0.3, -0.25) is 4.79 Å². The number of nitrogens with zero attached hydrogens (tertiary/aromatic N) is 1. The first-order valence-corrected chi connectivity index (χ1v) is 8.52. The third kappa shape index (κ3) is 5.20. The number of carbonyl (C=O) groups excluding carboxylic acids is 1. The lowest BCUT2D eigenvalue weighted by Gasteiger charge is -2.38. The third-order valence-electron chi connectivity index (χ3n) is 5.18. The van der Waals surface area contributed by atoms with Crippen molar-refractivity contribution in [1.82, 2.24) is 4.90 Å². The molecule has 3 atom stereocenters. The number of hydrogen-bond donors (Lipinski definition) is 0. The van der Waals surface area contributed by atoms with Crippen LogP contribution in [0.2, 0.25) is 0 Å². The van der Waals surface area contributed by atoms with Crippen LogP contribution in [-0.2, 0) is 4.79 Å². The summed E-state index contributed by atoms with van der Waals surface area (Å²) in [6.45, 7) is 16.9. The van der Waals surface area contributed by atoms with E-state index in [2.05, 4.69) is 46.4 Å². The van der Waals surface area contributed by atoms with Gasteiger partial charge < -0.3 is 4.90 Å². The Morgan fingerprint density at radius 3 is 2.45 bits per heavy atom. The van der Waals surface area contributed by atoms with Crippen molar-refractivity contribution in [3.63, 3.8) is 0 Å². The molecule has 0 radical (unpaired) electrons. The van der Waals surface area contributed by atoms with Gasteiger partial charge in [-0.15, -0.1) is 0 Å². The van der Waals surface area contributed by atoms with Gasteiger partial charge in [0.25, 0.3) is 0 Å². The molecule has 20 heavy (non-hydrogen) atoms. The fourth-order valence-corrected chi connectivity index (χ4v) is 3.29. The van der Waals surface area contributed by atoms with E-state index in [1.165, 1.54) is 6.42 Å². The lowest BCUT2D eigenvalue weighted by molar-refractivity contribution is -0.127. The standard InChI is InChI=1S/C18H35NO/c1-7-14(3)12-19(8-2)13-15-11-16(18(4,5)6)9-10-17(15)20/h14-16H,7-13H2,1-6H3. The number of hydrogen-bond acceptors (Lipinski definition) is 2. The Morgan fingerprint density at radius 1 is 1.30 bits per heavy atom. The van der Waals surface area contributed by atoms with Crippen LogP contribution in [0.4, 0.5) is 0 Å². The molecule has 0 N–H and O–H groups in total. The van der Waals surface area contributed by atoms with Crippen molar-refractivity contribution in [2.24, 2.45) is 23.2 Å². The molecule has 0 aromatic rings. The molecule has 1 rings (SSSR count). The van der Waals surface area contributed by atoms with Gasteiger partial charge in [0.05, 0.1) is 0 Å². The molecule has 0 aromatic heterocycles. The Kier molecular flexibility index (Phi) is 6.71. The highest BCUT2D eigenvalue weighted by molar-refractivity contribution is 5.82. The quantitative estimate of drug-likeness (QED) is 0.720. The van der Waals surface area contributed by atoms with Gasteiger partial charge in [-0.25, -0.2) is 0 Å². The van der Waals surface area contributed by atoms with Crippen LogP contribution in [0.15, 0.2) is 0 Å². The summed E-state index contributed by atoms with van der Waals surface area (Å²) in [5, 5.41) is 0. The molecule has 0 heterocycles. The summed E-state index contributed by atoms with van der Waals surface area (Å²) in [6.07, 6.45) is 4.21. The first-order chi connectivity index (χ1) is 9.27. The SMILES string of the molecule is CCC(C)CN(CC)CC1CC(C(C)(C)C)CCC1=O. The minimum absolute atomic E-state index is 0.275. The maximum Gasteiger partial charge on any atom is 0.137 e. The molecular formula is C18H35NO. The summed E-state index contributed by atoms with van der Waals surface area (Å²) in [5.74, 6) is 2.21. The zero-order valence-electron chi connectivity index (χ0n) is 14.5. The summed E-state index contributed by atoms with van der Waals surface area (Å²) >= 11 is 0. The van der Waals surface area contributed by atoms with Gasteiger partial charge in [0.1, 0.15) is 5.78 Å². The van der Waals surface area contributed by atoms with E-state index in [9.17, 15) is 4.79 Å². The Morgan fingerprint density at radius 2 is 1.95 bits per heavy atom. The lowest BCUT2D eigenvalue weighted by Crippen LogP contribution is -2.40. The van der Waals surface area contributed by atoms with Gasteiger partial charge >= 0.3 is 0 Å². The molecule has 1 saturated carbocycles. The summed E-state index contributed by atoms with van der Waals surface area (Å²) in [4.78, 5) is 14.7.